The van der Waals surface area contributed by atoms with E-state index in [4.69, 9.17) is 0 Å². The third-order valence-electron chi connectivity index (χ3n) is 4.60. The Hall–Kier alpha value is -1.87. The highest BCUT2D eigenvalue weighted by Crippen LogP contribution is 2.22. The van der Waals surface area contributed by atoms with Gasteiger partial charge in [0, 0.05) is 6.54 Å². The first-order valence-corrected chi connectivity index (χ1v) is 8.10. The van der Waals surface area contributed by atoms with Crippen molar-refractivity contribution in [2.75, 3.05) is 6.54 Å². The monoisotopic (exact) mass is 297 g/mol. The summed E-state index contributed by atoms with van der Waals surface area (Å²) in [6.45, 7) is 2.55. The molecule has 3 rings (SSSR count). The molecule has 0 bridgehead atoms. The second kappa shape index (κ2) is 6.49. The van der Waals surface area contributed by atoms with Crippen LogP contribution in [0.25, 0.3) is 10.8 Å². The maximum atomic E-state index is 12.6. The van der Waals surface area contributed by atoms with Gasteiger partial charge in [0.05, 0.1) is 18.6 Å². The van der Waals surface area contributed by atoms with Gasteiger partial charge in [0.2, 0.25) is 5.91 Å². The van der Waals surface area contributed by atoms with Crippen molar-refractivity contribution in [3.05, 3.63) is 48.0 Å². The second-order valence-electron chi connectivity index (χ2n) is 6.25. The number of fused-ring (bicyclic) bond motifs is 1. The van der Waals surface area contributed by atoms with Gasteiger partial charge in [-0.05, 0) is 42.5 Å². The third kappa shape index (κ3) is 3.14. The van der Waals surface area contributed by atoms with Crippen molar-refractivity contribution in [3.8, 4) is 0 Å². The minimum absolute atomic E-state index is 0.0262. The van der Waals surface area contributed by atoms with Crippen LogP contribution >= 0.6 is 0 Å². The molecule has 3 heteroatoms. The number of carbonyl (C=O) groups excluding carboxylic acids is 1. The molecule has 1 fully saturated rings. The number of hydrogen-bond donors (Lipinski definition) is 1. The van der Waals surface area contributed by atoms with Gasteiger partial charge in [-0.25, -0.2) is 0 Å². The van der Waals surface area contributed by atoms with Crippen LogP contribution in [0.4, 0.5) is 0 Å². The number of rotatable bonds is 3. The van der Waals surface area contributed by atoms with Crippen LogP contribution in [0.1, 0.15) is 31.7 Å². The van der Waals surface area contributed by atoms with Crippen LogP contribution < -0.4 is 0 Å². The number of nitrogens with zero attached hydrogens (tertiary/aromatic N) is 1. The summed E-state index contributed by atoms with van der Waals surface area (Å²) in [5.74, 6) is 0.126. The lowest BCUT2D eigenvalue weighted by atomic mass is 9.97. The van der Waals surface area contributed by atoms with Crippen LogP contribution in [0.3, 0.4) is 0 Å². The van der Waals surface area contributed by atoms with E-state index in [9.17, 15) is 9.90 Å². The summed E-state index contributed by atoms with van der Waals surface area (Å²) in [6, 6.07) is 14.4. The zero-order valence-electron chi connectivity index (χ0n) is 13.0. The molecule has 1 saturated heterocycles. The molecule has 3 nitrogen and oxygen atoms in total. The molecule has 2 aromatic rings. The van der Waals surface area contributed by atoms with Gasteiger partial charge in [0.1, 0.15) is 0 Å². The standard InChI is InChI=1S/C19H23NO2/c1-14(21)18-8-4-5-11-20(18)19(22)13-15-9-10-16-6-2-3-7-17(16)12-15/h2-3,6-7,9-10,12,14,18,21H,4-5,8,11,13H2,1H3. The van der Waals surface area contributed by atoms with Gasteiger partial charge in [-0.2, -0.15) is 0 Å². The maximum Gasteiger partial charge on any atom is 0.227 e. The Balaban J connectivity index is 1.76. The minimum Gasteiger partial charge on any atom is -0.391 e. The predicted octanol–water partition coefficient (Wildman–Crippen LogP) is 3.14. The Labute approximate surface area is 131 Å². The summed E-state index contributed by atoms with van der Waals surface area (Å²) in [4.78, 5) is 14.5. The van der Waals surface area contributed by atoms with E-state index in [2.05, 4.69) is 24.3 Å². The second-order valence-corrected chi connectivity index (χ2v) is 6.25. The fourth-order valence-corrected chi connectivity index (χ4v) is 3.39. The molecule has 2 unspecified atom stereocenters. The van der Waals surface area contributed by atoms with E-state index in [1.54, 1.807) is 6.92 Å². The molecule has 1 heterocycles. The molecule has 22 heavy (non-hydrogen) atoms. The zero-order valence-corrected chi connectivity index (χ0v) is 13.0. The molecule has 1 aliphatic rings. The molecule has 116 valence electrons. The molecule has 0 saturated carbocycles. The molecule has 0 radical (unpaired) electrons. The van der Waals surface area contributed by atoms with Gasteiger partial charge in [-0.3, -0.25) is 4.79 Å². The van der Waals surface area contributed by atoms with E-state index in [0.29, 0.717) is 6.42 Å². The number of aliphatic hydroxyl groups is 1. The highest BCUT2D eigenvalue weighted by Gasteiger charge is 2.29. The highest BCUT2D eigenvalue weighted by atomic mass is 16.3. The van der Waals surface area contributed by atoms with Crippen LogP contribution in [-0.4, -0.2) is 34.6 Å². The number of hydrogen-bond acceptors (Lipinski definition) is 2. The largest absolute Gasteiger partial charge is 0.391 e. The van der Waals surface area contributed by atoms with Crippen molar-refractivity contribution in [1.82, 2.24) is 4.90 Å². The normalized spacial score (nSPS) is 20.1. The number of amides is 1. The fraction of sp³-hybridized carbons (Fsp3) is 0.421. The molecule has 1 aliphatic heterocycles. The lowest BCUT2D eigenvalue weighted by Crippen LogP contribution is -2.49. The minimum atomic E-state index is -0.458. The maximum absolute atomic E-state index is 12.6. The molecular formula is C19H23NO2. The van der Waals surface area contributed by atoms with Gasteiger partial charge in [0.15, 0.2) is 0 Å². The number of aliphatic hydroxyl groups excluding tert-OH is 1. The van der Waals surface area contributed by atoms with E-state index < -0.39 is 6.10 Å². The fourth-order valence-electron chi connectivity index (χ4n) is 3.39. The summed E-state index contributed by atoms with van der Waals surface area (Å²) in [5.41, 5.74) is 1.04. The number of piperidine rings is 1. The Morgan fingerprint density at radius 2 is 2.00 bits per heavy atom. The molecule has 0 aromatic heterocycles. The summed E-state index contributed by atoms with van der Waals surface area (Å²) in [6.07, 6.45) is 2.98. The quantitative estimate of drug-likeness (QED) is 0.945. The van der Waals surface area contributed by atoms with E-state index in [1.807, 2.05) is 23.1 Å². The lowest BCUT2D eigenvalue weighted by Gasteiger charge is -2.37. The first kappa shape index (κ1) is 15.0. The average molecular weight is 297 g/mol. The average Bonchev–Trinajstić information content (AvgIpc) is 2.54. The van der Waals surface area contributed by atoms with Gasteiger partial charge in [-0.1, -0.05) is 42.5 Å². The lowest BCUT2D eigenvalue weighted by molar-refractivity contribution is -0.136. The summed E-state index contributed by atoms with van der Waals surface area (Å²) >= 11 is 0. The van der Waals surface area contributed by atoms with Crippen LogP contribution in [0.2, 0.25) is 0 Å². The topological polar surface area (TPSA) is 40.5 Å². The molecular weight excluding hydrogens is 274 g/mol. The van der Waals surface area contributed by atoms with Crippen molar-refractivity contribution in [1.29, 1.82) is 0 Å². The summed E-state index contributed by atoms with van der Waals surface area (Å²) < 4.78 is 0. The van der Waals surface area contributed by atoms with E-state index in [0.717, 1.165) is 31.4 Å². The smallest absolute Gasteiger partial charge is 0.227 e. The first-order chi connectivity index (χ1) is 10.6. The summed E-state index contributed by atoms with van der Waals surface area (Å²) in [7, 11) is 0. The Kier molecular flexibility index (Phi) is 4.44. The Bertz CT molecular complexity index is 665. The molecule has 0 spiro atoms. The number of carbonyl (C=O) groups is 1. The number of likely N-dealkylation sites (tertiary alicyclic amines) is 1. The van der Waals surface area contributed by atoms with Crippen molar-refractivity contribution in [3.63, 3.8) is 0 Å². The van der Waals surface area contributed by atoms with Crippen LogP contribution in [0.5, 0.6) is 0 Å². The highest BCUT2D eigenvalue weighted by molar-refractivity contribution is 5.85. The van der Waals surface area contributed by atoms with Crippen molar-refractivity contribution in [2.24, 2.45) is 0 Å². The van der Waals surface area contributed by atoms with Gasteiger partial charge < -0.3 is 10.0 Å². The van der Waals surface area contributed by atoms with Gasteiger partial charge in [-0.15, -0.1) is 0 Å². The Morgan fingerprint density at radius 1 is 1.23 bits per heavy atom. The van der Waals surface area contributed by atoms with Crippen molar-refractivity contribution < 1.29 is 9.90 Å². The molecule has 2 aromatic carbocycles. The van der Waals surface area contributed by atoms with Crippen LogP contribution in [-0.2, 0) is 11.2 Å². The predicted molar refractivity (Wildman–Crippen MR) is 88.7 cm³/mol. The molecule has 0 aliphatic carbocycles. The van der Waals surface area contributed by atoms with Crippen LogP contribution in [0.15, 0.2) is 42.5 Å². The van der Waals surface area contributed by atoms with E-state index in [1.165, 1.54) is 10.8 Å². The number of benzene rings is 2. The molecule has 1 amide bonds. The third-order valence-corrected chi connectivity index (χ3v) is 4.60. The Morgan fingerprint density at radius 3 is 2.77 bits per heavy atom. The van der Waals surface area contributed by atoms with Gasteiger partial charge >= 0.3 is 0 Å². The van der Waals surface area contributed by atoms with Crippen LogP contribution in [0, 0.1) is 0 Å². The molecule has 2 atom stereocenters. The van der Waals surface area contributed by atoms with Gasteiger partial charge in [0.25, 0.3) is 0 Å². The van der Waals surface area contributed by atoms with Crippen molar-refractivity contribution >= 4 is 16.7 Å². The SMILES string of the molecule is CC(O)C1CCCCN1C(=O)Cc1ccc2ccccc2c1. The zero-order chi connectivity index (χ0) is 15.5. The first-order valence-electron chi connectivity index (χ1n) is 8.10. The van der Waals surface area contributed by atoms with E-state index in [-0.39, 0.29) is 11.9 Å². The van der Waals surface area contributed by atoms with E-state index >= 15 is 0 Å². The molecule has 1 N–H and O–H groups in total. The van der Waals surface area contributed by atoms with Crippen molar-refractivity contribution in [2.45, 2.75) is 44.8 Å². The summed E-state index contributed by atoms with van der Waals surface area (Å²) in [5, 5.41) is 12.3.